The van der Waals surface area contributed by atoms with Crippen molar-refractivity contribution in [1.82, 2.24) is 0 Å². The topological polar surface area (TPSA) is 137 Å². The smallest absolute Gasteiger partial charge is 0.270 e. The monoisotopic (exact) mass is 372 g/mol. The first-order valence-corrected chi connectivity index (χ1v) is 10.2. The summed E-state index contributed by atoms with van der Waals surface area (Å²) in [5, 5.41) is 10.3. The van der Waals surface area contributed by atoms with Crippen molar-refractivity contribution in [2.45, 2.75) is 9.79 Å². The third-order valence-electron chi connectivity index (χ3n) is 2.74. The Bertz CT molecular complexity index is 953. The van der Waals surface area contributed by atoms with Crippen LogP contribution in [0.5, 0.6) is 0 Å². The molecule has 0 unspecified atom stereocenters. The fourth-order valence-corrected chi connectivity index (χ4v) is 2.91. The van der Waals surface area contributed by atoms with Crippen LogP contribution in [0, 0.1) is 10.1 Å². The summed E-state index contributed by atoms with van der Waals surface area (Å²) in [5.41, 5.74) is 5.64. The maximum absolute atomic E-state index is 11.0. The maximum Gasteiger partial charge on any atom is 0.270 e. The summed E-state index contributed by atoms with van der Waals surface area (Å²) < 4.78 is 43.8. The first-order chi connectivity index (χ1) is 10.9. The number of hydrogen-bond acceptors (Lipinski definition) is 7. The van der Waals surface area contributed by atoms with Crippen LogP contribution in [0.15, 0.2) is 58.3 Å². The van der Waals surface area contributed by atoms with E-state index in [4.69, 9.17) is 5.73 Å². The second kappa shape index (κ2) is 7.41. The van der Waals surface area contributed by atoms with Crippen LogP contribution in [0.4, 0.5) is 11.4 Å². The summed E-state index contributed by atoms with van der Waals surface area (Å²) in [4.78, 5) is 9.88. The highest BCUT2D eigenvalue weighted by atomic mass is 32.2. The van der Waals surface area contributed by atoms with Crippen LogP contribution in [0.25, 0.3) is 0 Å². The maximum atomic E-state index is 11.0. The molecule has 0 aliphatic heterocycles. The highest BCUT2D eigenvalue weighted by Gasteiger charge is 2.12. The number of nitro groups is 1. The van der Waals surface area contributed by atoms with Crippen molar-refractivity contribution < 1.29 is 21.8 Å². The van der Waals surface area contributed by atoms with Gasteiger partial charge in [0.2, 0.25) is 0 Å². The molecule has 8 nitrogen and oxygen atoms in total. The molecule has 24 heavy (non-hydrogen) atoms. The van der Waals surface area contributed by atoms with Gasteiger partial charge in [0.05, 0.1) is 14.7 Å². The zero-order valence-corrected chi connectivity index (χ0v) is 14.5. The van der Waals surface area contributed by atoms with Crippen LogP contribution in [-0.2, 0) is 19.7 Å². The third kappa shape index (κ3) is 5.97. The Labute approximate surface area is 139 Å². The van der Waals surface area contributed by atoms with Gasteiger partial charge in [0.15, 0.2) is 19.7 Å². The van der Waals surface area contributed by atoms with E-state index in [-0.39, 0.29) is 15.5 Å². The average molecular weight is 372 g/mol. The molecule has 0 atom stereocenters. The highest BCUT2D eigenvalue weighted by Crippen LogP contribution is 2.16. The van der Waals surface area contributed by atoms with Gasteiger partial charge in [-0.15, -0.1) is 0 Å². The molecular formula is C14H16N2O6S2. The van der Waals surface area contributed by atoms with E-state index in [0.29, 0.717) is 5.69 Å². The molecule has 0 fully saturated rings. The van der Waals surface area contributed by atoms with E-state index in [1.807, 2.05) is 0 Å². The average Bonchev–Trinajstić information content (AvgIpc) is 2.46. The molecule has 2 N–H and O–H groups in total. The van der Waals surface area contributed by atoms with Gasteiger partial charge in [0, 0.05) is 30.3 Å². The van der Waals surface area contributed by atoms with E-state index >= 15 is 0 Å². The van der Waals surface area contributed by atoms with E-state index < -0.39 is 24.6 Å². The summed E-state index contributed by atoms with van der Waals surface area (Å²) in [7, 11) is -6.47. The normalized spacial score (nSPS) is 11.2. The lowest BCUT2D eigenvalue weighted by Gasteiger charge is -1.97. The molecule has 0 spiro atoms. The minimum absolute atomic E-state index is 0.0401. The number of sulfone groups is 2. The molecule has 10 heteroatoms. The second-order valence-electron chi connectivity index (χ2n) is 4.87. The quantitative estimate of drug-likeness (QED) is 0.491. The fourth-order valence-electron chi connectivity index (χ4n) is 1.57. The van der Waals surface area contributed by atoms with Crippen molar-refractivity contribution >= 4 is 31.0 Å². The van der Waals surface area contributed by atoms with Crippen LogP contribution in [0.3, 0.4) is 0 Å². The molecule has 0 radical (unpaired) electrons. The van der Waals surface area contributed by atoms with Crippen molar-refractivity contribution in [3.63, 3.8) is 0 Å². The molecule has 0 saturated heterocycles. The SMILES string of the molecule is CS(=O)(=O)c1cccc(N)c1.CS(=O)(=O)c1cccc([N+](=O)[O-])c1. The van der Waals surface area contributed by atoms with Gasteiger partial charge in [0.25, 0.3) is 5.69 Å². The summed E-state index contributed by atoms with van der Waals surface area (Å²) in [6, 6.07) is 11.2. The van der Waals surface area contributed by atoms with Gasteiger partial charge in [0.1, 0.15) is 0 Å². The van der Waals surface area contributed by atoms with Crippen molar-refractivity contribution in [3.05, 3.63) is 58.6 Å². The number of nitrogen functional groups attached to an aromatic ring is 1. The number of anilines is 1. The molecule has 0 aliphatic carbocycles. The van der Waals surface area contributed by atoms with Crippen molar-refractivity contribution in [2.24, 2.45) is 0 Å². The first-order valence-electron chi connectivity index (χ1n) is 6.41. The lowest BCUT2D eigenvalue weighted by atomic mass is 10.3. The number of hydrogen-bond donors (Lipinski definition) is 1. The van der Waals surface area contributed by atoms with Crippen molar-refractivity contribution in [3.8, 4) is 0 Å². The van der Waals surface area contributed by atoms with E-state index in [1.165, 1.54) is 30.3 Å². The van der Waals surface area contributed by atoms with Crippen LogP contribution in [0.1, 0.15) is 0 Å². The Balaban J connectivity index is 0.000000243. The Morgan fingerprint density at radius 1 is 0.875 bits per heavy atom. The molecule has 0 bridgehead atoms. The number of nitrogens with zero attached hydrogens (tertiary/aromatic N) is 1. The highest BCUT2D eigenvalue weighted by molar-refractivity contribution is 7.91. The molecule has 2 aromatic carbocycles. The Morgan fingerprint density at radius 3 is 1.71 bits per heavy atom. The molecular weight excluding hydrogens is 356 g/mol. The van der Waals surface area contributed by atoms with Gasteiger partial charge in [-0.2, -0.15) is 0 Å². The van der Waals surface area contributed by atoms with E-state index in [0.717, 1.165) is 18.6 Å². The predicted molar refractivity (Wildman–Crippen MR) is 90.2 cm³/mol. The first kappa shape index (κ1) is 19.6. The molecule has 2 rings (SSSR count). The fraction of sp³-hybridized carbons (Fsp3) is 0.143. The molecule has 2 aromatic rings. The zero-order valence-electron chi connectivity index (χ0n) is 12.9. The third-order valence-corrected chi connectivity index (χ3v) is 4.96. The van der Waals surface area contributed by atoms with Gasteiger partial charge in [-0.3, -0.25) is 10.1 Å². The summed E-state index contributed by atoms with van der Waals surface area (Å²) >= 11 is 0. The van der Waals surface area contributed by atoms with Crippen LogP contribution in [-0.4, -0.2) is 34.3 Å². The molecule has 0 saturated carbocycles. The van der Waals surface area contributed by atoms with Gasteiger partial charge < -0.3 is 5.73 Å². The van der Waals surface area contributed by atoms with Crippen LogP contribution >= 0.6 is 0 Å². The lowest BCUT2D eigenvalue weighted by molar-refractivity contribution is -0.385. The van der Waals surface area contributed by atoms with Gasteiger partial charge in [-0.05, 0) is 24.3 Å². The standard InChI is InChI=1S/C7H7NO4S.C7H9NO2S/c1-13(11,12)7-4-2-3-6(5-7)8(9)10;1-11(9,10)7-4-2-3-6(8)5-7/h2-5H,1H3;2-5H,8H2,1H3. The number of nitrogens with two attached hydrogens (primary N) is 1. The molecule has 0 heterocycles. The summed E-state index contributed by atoms with van der Waals surface area (Å²) in [6.45, 7) is 0. The van der Waals surface area contributed by atoms with Gasteiger partial charge >= 0.3 is 0 Å². The second-order valence-corrected chi connectivity index (χ2v) is 8.90. The molecule has 0 aromatic heterocycles. The lowest BCUT2D eigenvalue weighted by Crippen LogP contribution is -1.97. The van der Waals surface area contributed by atoms with Gasteiger partial charge in [-0.25, -0.2) is 16.8 Å². The summed E-state index contributed by atoms with van der Waals surface area (Å²) in [5.74, 6) is 0. The van der Waals surface area contributed by atoms with E-state index in [1.54, 1.807) is 12.1 Å². The van der Waals surface area contributed by atoms with Crippen molar-refractivity contribution in [1.29, 1.82) is 0 Å². The number of nitro benzene ring substituents is 1. The number of non-ortho nitro benzene ring substituents is 1. The Hall–Kier alpha value is -2.46. The van der Waals surface area contributed by atoms with E-state index in [2.05, 4.69) is 0 Å². The molecule has 0 aliphatic rings. The Kier molecular flexibility index (Phi) is 6.04. The van der Waals surface area contributed by atoms with Crippen molar-refractivity contribution in [2.75, 3.05) is 18.2 Å². The minimum Gasteiger partial charge on any atom is -0.399 e. The van der Waals surface area contributed by atoms with Crippen LogP contribution < -0.4 is 5.73 Å². The van der Waals surface area contributed by atoms with Gasteiger partial charge in [-0.1, -0.05) is 12.1 Å². The summed E-state index contributed by atoms with van der Waals surface area (Å²) in [6.07, 6.45) is 2.16. The number of rotatable bonds is 3. The largest absolute Gasteiger partial charge is 0.399 e. The minimum atomic E-state index is -3.36. The predicted octanol–water partition coefficient (Wildman–Crippen LogP) is 1.67. The molecule has 130 valence electrons. The molecule has 0 amide bonds. The number of benzene rings is 2. The Morgan fingerprint density at radius 2 is 1.33 bits per heavy atom. The van der Waals surface area contributed by atoms with Crippen LogP contribution in [0.2, 0.25) is 0 Å². The van der Waals surface area contributed by atoms with E-state index in [9.17, 15) is 26.9 Å². The zero-order chi connectivity index (χ0) is 18.5.